The first-order valence-electron chi connectivity index (χ1n) is 9.37. The smallest absolute Gasteiger partial charge is 0.0135 e. The van der Waals surface area contributed by atoms with Crippen molar-refractivity contribution in [1.29, 1.82) is 0 Å². The van der Waals surface area contributed by atoms with Crippen LogP contribution in [0.4, 0.5) is 0 Å². The van der Waals surface area contributed by atoms with Gasteiger partial charge in [0.15, 0.2) is 0 Å². The summed E-state index contributed by atoms with van der Waals surface area (Å²) in [5.74, 6) is 2.46. The first-order chi connectivity index (χ1) is 9.88. The van der Waals surface area contributed by atoms with Gasteiger partial charge in [-0.25, -0.2) is 0 Å². The molecule has 2 aliphatic carbocycles. The van der Waals surface area contributed by atoms with E-state index in [-0.39, 0.29) is 0 Å². The molecular weight excluding hydrogens is 254 g/mol. The highest BCUT2D eigenvalue weighted by Gasteiger charge is 2.57. The van der Waals surface area contributed by atoms with Crippen molar-refractivity contribution in [3.63, 3.8) is 0 Å². The molecule has 1 spiro atoms. The molecule has 2 fully saturated rings. The van der Waals surface area contributed by atoms with Crippen molar-refractivity contribution in [2.75, 3.05) is 6.54 Å². The number of fused-ring (bicyclic) bond motifs is 2. The monoisotopic (exact) mass is 289 g/mol. The molecule has 0 amide bonds. The molecule has 0 aromatic heterocycles. The van der Waals surface area contributed by atoms with Gasteiger partial charge in [-0.3, -0.25) is 4.90 Å². The van der Waals surface area contributed by atoms with E-state index in [0.29, 0.717) is 5.41 Å². The molecule has 1 nitrogen and oxygen atoms in total. The standard InChI is InChI=1S/C20H35N/c1-13(2)16-9-10-20(19(16)14(3)4)11-12-21(15(5)6)18-8-7-17(18)20/h13-15,17-18H,7-12H2,1-6H3/t17-,18+,20+/m1/s1. The van der Waals surface area contributed by atoms with Crippen LogP contribution in [0.15, 0.2) is 11.1 Å². The molecular formula is C20H35N. The number of piperidine rings is 1. The number of rotatable bonds is 3. The van der Waals surface area contributed by atoms with Crippen LogP contribution in [0.1, 0.15) is 73.6 Å². The molecule has 0 bridgehead atoms. The maximum absolute atomic E-state index is 2.81. The number of allylic oxidation sites excluding steroid dienone is 2. The Morgan fingerprint density at radius 2 is 1.67 bits per heavy atom. The van der Waals surface area contributed by atoms with E-state index < -0.39 is 0 Å². The van der Waals surface area contributed by atoms with Gasteiger partial charge >= 0.3 is 0 Å². The summed E-state index contributed by atoms with van der Waals surface area (Å²) in [6.07, 6.45) is 7.20. The zero-order valence-corrected chi connectivity index (χ0v) is 15.1. The predicted octanol–water partition coefficient (Wildman–Crippen LogP) is 5.27. The molecule has 1 saturated heterocycles. The van der Waals surface area contributed by atoms with Gasteiger partial charge in [0.2, 0.25) is 0 Å². The first kappa shape index (κ1) is 15.6. The average Bonchev–Trinajstić information content (AvgIpc) is 2.71. The van der Waals surface area contributed by atoms with Crippen molar-refractivity contribution < 1.29 is 0 Å². The molecule has 0 aromatic rings. The molecule has 0 radical (unpaired) electrons. The van der Waals surface area contributed by atoms with Gasteiger partial charge in [-0.05, 0) is 75.7 Å². The minimum atomic E-state index is 0.585. The van der Waals surface area contributed by atoms with E-state index >= 15 is 0 Å². The van der Waals surface area contributed by atoms with Crippen LogP contribution in [0, 0.1) is 23.2 Å². The van der Waals surface area contributed by atoms with Crippen LogP contribution in [0.2, 0.25) is 0 Å². The summed E-state index contributed by atoms with van der Waals surface area (Å²) >= 11 is 0. The highest BCUT2D eigenvalue weighted by Crippen LogP contribution is 2.62. The number of likely N-dealkylation sites (tertiary alicyclic amines) is 1. The van der Waals surface area contributed by atoms with E-state index in [4.69, 9.17) is 0 Å². The number of hydrogen-bond acceptors (Lipinski definition) is 1. The van der Waals surface area contributed by atoms with E-state index in [0.717, 1.165) is 29.8 Å². The third-order valence-corrected chi connectivity index (χ3v) is 6.85. The maximum Gasteiger partial charge on any atom is 0.0135 e. The zero-order valence-electron chi connectivity index (χ0n) is 15.1. The molecule has 0 aromatic carbocycles. The Morgan fingerprint density at radius 3 is 2.14 bits per heavy atom. The van der Waals surface area contributed by atoms with E-state index in [9.17, 15) is 0 Å². The highest BCUT2D eigenvalue weighted by molar-refractivity contribution is 5.34. The molecule has 1 aliphatic heterocycles. The molecule has 3 rings (SSSR count). The fraction of sp³-hybridized carbons (Fsp3) is 0.900. The highest BCUT2D eigenvalue weighted by atomic mass is 15.2. The topological polar surface area (TPSA) is 3.24 Å². The summed E-state index contributed by atoms with van der Waals surface area (Å²) < 4.78 is 0. The van der Waals surface area contributed by atoms with Gasteiger partial charge in [0, 0.05) is 12.1 Å². The Balaban J connectivity index is 1.95. The van der Waals surface area contributed by atoms with Crippen molar-refractivity contribution in [3.05, 3.63) is 11.1 Å². The van der Waals surface area contributed by atoms with Crippen molar-refractivity contribution in [2.24, 2.45) is 23.2 Å². The Bertz CT molecular complexity index is 431. The SMILES string of the molecule is CC(C)C1=C(C(C)C)[C@@]2(CC1)CCN(C(C)C)[C@H]1CC[C@H]12. The van der Waals surface area contributed by atoms with Gasteiger partial charge in [-0.2, -0.15) is 0 Å². The molecule has 21 heavy (non-hydrogen) atoms. The van der Waals surface area contributed by atoms with Crippen molar-refractivity contribution >= 4 is 0 Å². The van der Waals surface area contributed by atoms with Gasteiger partial charge < -0.3 is 0 Å². The van der Waals surface area contributed by atoms with E-state index in [1.807, 2.05) is 11.1 Å². The van der Waals surface area contributed by atoms with Crippen molar-refractivity contribution in [3.8, 4) is 0 Å². The third kappa shape index (κ3) is 2.22. The average molecular weight is 290 g/mol. The Morgan fingerprint density at radius 1 is 0.952 bits per heavy atom. The van der Waals surface area contributed by atoms with Crippen LogP contribution >= 0.6 is 0 Å². The lowest BCUT2D eigenvalue weighted by Gasteiger charge is -2.60. The van der Waals surface area contributed by atoms with Crippen LogP contribution in [0.3, 0.4) is 0 Å². The fourth-order valence-corrected chi connectivity index (χ4v) is 5.98. The van der Waals surface area contributed by atoms with Crippen LogP contribution < -0.4 is 0 Å². The van der Waals surface area contributed by atoms with Crippen molar-refractivity contribution in [1.82, 2.24) is 4.90 Å². The van der Waals surface area contributed by atoms with Gasteiger partial charge in [-0.15, -0.1) is 0 Å². The summed E-state index contributed by atoms with van der Waals surface area (Å²) in [6.45, 7) is 15.8. The fourth-order valence-electron chi connectivity index (χ4n) is 5.98. The van der Waals surface area contributed by atoms with E-state index in [1.165, 1.54) is 38.6 Å². The Labute approximate surface area is 132 Å². The molecule has 3 aliphatic rings. The van der Waals surface area contributed by atoms with Crippen LogP contribution in [-0.4, -0.2) is 23.5 Å². The summed E-state index contributed by atoms with van der Waals surface area (Å²) in [7, 11) is 0. The van der Waals surface area contributed by atoms with Crippen LogP contribution in [0.25, 0.3) is 0 Å². The van der Waals surface area contributed by atoms with Gasteiger partial charge in [-0.1, -0.05) is 38.8 Å². The number of nitrogens with zero attached hydrogens (tertiary/aromatic N) is 1. The summed E-state index contributed by atoms with van der Waals surface area (Å²) in [5, 5.41) is 0. The lowest BCUT2D eigenvalue weighted by Crippen LogP contribution is -2.61. The minimum absolute atomic E-state index is 0.585. The van der Waals surface area contributed by atoms with Crippen LogP contribution in [-0.2, 0) is 0 Å². The molecule has 0 unspecified atom stereocenters. The third-order valence-electron chi connectivity index (χ3n) is 6.85. The largest absolute Gasteiger partial charge is 0.298 e. The van der Waals surface area contributed by atoms with Crippen LogP contribution in [0.5, 0.6) is 0 Å². The second-order valence-corrected chi connectivity index (χ2v) is 8.74. The normalized spacial score (nSPS) is 37.0. The van der Waals surface area contributed by atoms with Gasteiger partial charge in [0.1, 0.15) is 0 Å². The van der Waals surface area contributed by atoms with Crippen molar-refractivity contribution in [2.45, 2.75) is 85.7 Å². The number of hydrogen-bond donors (Lipinski definition) is 0. The zero-order chi connectivity index (χ0) is 15.4. The summed E-state index contributed by atoms with van der Waals surface area (Å²) in [4.78, 5) is 2.81. The molecule has 3 atom stereocenters. The molecule has 120 valence electrons. The summed E-state index contributed by atoms with van der Waals surface area (Å²) in [6, 6.07) is 1.62. The maximum atomic E-state index is 2.81. The second kappa shape index (κ2) is 5.41. The molecule has 1 saturated carbocycles. The summed E-state index contributed by atoms with van der Waals surface area (Å²) in [5.41, 5.74) is 4.31. The van der Waals surface area contributed by atoms with Gasteiger partial charge in [0.25, 0.3) is 0 Å². The lowest BCUT2D eigenvalue weighted by atomic mass is 9.54. The lowest BCUT2D eigenvalue weighted by molar-refractivity contribution is -0.0767. The Hall–Kier alpha value is -0.300. The minimum Gasteiger partial charge on any atom is -0.298 e. The molecule has 1 heteroatoms. The first-order valence-corrected chi connectivity index (χ1v) is 9.37. The predicted molar refractivity (Wildman–Crippen MR) is 91.3 cm³/mol. The quantitative estimate of drug-likeness (QED) is 0.640. The van der Waals surface area contributed by atoms with E-state index in [1.54, 1.807) is 0 Å². The Kier molecular flexibility index (Phi) is 4.01. The second-order valence-electron chi connectivity index (χ2n) is 8.74. The molecule has 1 heterocycles. The molecule has 0 N–H and O–H groups in total. The van der Waals surface area contributed by atoms with E-state index in [2.05, 4.69) is 46.4 Å². The van der Waals surface area contributed by atoms with Gasteiger partial charge in [0.05, 0.1) is 0 Å².